The molecule has 0 aromatic heterocycles. The number of hydrogen-bond acceptors (Lipinski definition) is 0. The van der Waals surface area contributed by atoms with E-state index in [2.05, 4.69) is 61.8 Å². The van der Waals surface area contributed by atoms with E-state index in [1.807, 2.05) is 24.3 Å². The molecular formula is C22H22. The van der Waals surface area contributed by atoms with E-state index < -0.39 is 0 Å². The van der Waals surface area contributed by atoms with Crippen LogP contribution in [0.25, 0.3) is 0 Å². The predicted octanol–water partition coefficient (Wildman–Crippen LogP) is 5.19. The van der Waals surface area contributed by atoms with Crippen molar-refractivity contribution in [2.24, 2.45) is 0 Å². The maximum Gasteiger partial charge on any atom is 0.0249 e. The van der Waals surface area contributed by atoms with Crippen LogP contribution in [0.5, 0.6) is 0 Å². The molecule has 22 heavy (non-hydrogen) atoms. The summed E-state index contributed by atoms with van der Waals surface area (Å²) in [4.78, 5) is 0. The van der Waals surface area contributed by atoms with Crippen molar-refractivity contribution >= 4 is 0 Å². The van der Waals surface area contributed by atoms with Crippen LogP contribution in [0.4, 0.5) is 0 Å². The monoisotopic (exact) mass is 286 g/mol. The van der Waals surface area contributed by atoms with Crippen molar-refractivity contribution in [3.8, 4) is 23.7 Å². The summed E-state index contributed by atoms with van der Waals surface area (Å²) in [5, 5.41) is 0. The minimum atomic E-state index is 0.978. The summed E-state index contributed by atoms with van der Waals surface area (Å²) in [6, 6.07) is 16.6. The number of rotatable bonds is 3. The minimum Gasteiger partial charge on any atom is -0.0979 e. The molecule has 0 spiro atoms. The van der Waals surface area contributed by atoms with Crippen molar-refractivity contribution in [3.63, 3.8) is 0 Å². The van der Waals surface area contributed by atoms with Gasteiger partial charge in [-0.25, -0.2) is 0 Å². The average molecular weight is 286 g/mol. The van der Waals surface area contributed by atoms with E-state index in [1.165, 1.54) is 18.4 Å². The quantitative estimate of drug-likeness (QED) is 0.538. The smallest absolute Gasteiger partial charge is 0.0249 e. The molecule has 0 nitrogen and oxygen atoms in total. The normalized spacial score (nSPS) is 9.36. The van der Waals surface area contributed by atoms with Crippen molar-refractivity contribution in [1.29, 1.82) is 0 Å². The fourth-order valence-electron chi connectivity index (χ4n) is 2.03. The van der Waals surface area contributed by atoms with Crippen molar-refractivity contribution in [3.05, 3.63) is 70.8 Å². The van der Waals surface area contributed by atoms with E-state index in [0.29, 0.717) is 0 Å². The number of hydrogen-bond donors (Lipinski definition) is 0. The molecule has 0 heterocycles. The lowest BCUT2D eigenvalue weighted by atomic mass is 10.1. The van der Waals surface area contributed by atoms with Gasteiger partial charge in [-0.1, -0.05) is 56.1 Å². The van der Waals surface area contributed by atoms with E-state index in [0.717, 1.165) is 29.5 Å². The van der Waals surface area contributed by atoms with Crippen LogP contribution >= 0.6 is 0 Å². The first kappa shape index (κ1) is 15.9. The summed E-state index contributed by atoms with van der Waals surface area (Å²) in [6.45, 7) is 4.35. The van der Waals surface area contributed by atoms with Gasteiger partial charge in [-0.15, -0.1) is 0 Å². The Morgan fingerprint density at radius 1 is 0.682 bits per heavy atom. The standard InChI is InChI=1S/C22H22/c1-3-5-6-7-8-20-13-15-22(16-14-20)18-17-21-11-9-19(4-2)10-12-21/h9-16H,3-6H2,1-2H3. The van der Waals surface area contributed by atoms with Gasteiger partial charge in [0.1, 0.15) is 0 Å². The molecule has 0 saturated carbocycles. The third-order valence-electron chi connectivity index (χ3n) is 3.49. The van der Waals surface area contributed by atoms with Gasteiger partial charge in [-0.05, 0) is 54.8 Å². The predicted molar refractivity (Wildman–Crippen MR) is 94.6 cm³/mol. The molecule has 0 aliphatic carbocycles. The zero-order valence-corrected chi connectivity index (χ0v) is 13.4. The Hall–Kier alpha value is -2.44. The van der Waals surface area contributed by atoms with Crippen LogP contribution in [0, 0.1) is 23.7 Å². The summed E-state index contributed by atoms with van der Waals surface area (Å²) >= 11 is 0. The van der Waals surface area contributed by atoms with Crippen LogP contribution in [0.3, 0.4) is 0 Å². The summed E-state index contributed by atoms with van der Waals surface area (Å²) in [5.74, 6) is 12.8. The molecule has 0 fully saturated rings. The van der Waals surface area contributed by atoms with Crippen LogP contribution in [0.15, 0.2) is 48.5 Å². The molecule has 0 radical (unpaired) electrons. The molecule has 0 saturated heterocycles. The Morgan fingerprint density at radius 3 is 1.68 bits per heavy atom. The lowest BCUT2D eigenvalue weighted by Crippen LogP contribution is -1.81. The summed E-state index contributed by atoms with van der Waals surface area (Å²) in [5.41, 5.74) is 4.49. The Labute approximate surface area is 134 Å². The average Bonchev–Trinajstić information content (AvgIpc) is 2.58. The van der Waals surface area contributed by atoms with Gasteiger partial charge in [0.05, 0.1) is 0 Å². The molecule has 0 aliphatic rings. The largest absolute Gasteiger partial charge is 0.0979 e. The number of unbranched alkanes of at least 4 members (excludes halogenated alkanes) is 2. The Bertz CT molecular complexity index is 695. The maximum atomic E-state index is 3.21. The highest BCUT2D eigenvalue weighted by Gasteiger charge is 1.91. The van der Waals surface area contributed by atoms with Gasteiger partial charge in [-0.2, -0.15) is 0 Å². The SMILES string of the molecule is CCCCC#Cc1ccc(C#Cc2ccc(CC)cc2)cc1. The second-order valence-corrected chi connectivity index (χ2v) is 5.28. The highest BCUT2D eigenvalue weighted by Crippen LogP contribution is 2.05. The zero-order valence-electron chi connectivity index (χ0n) is 13.4. The van der Waals surface area contributed by atoms with Gasteiger partial charge >= 0.3 is 0 Å². The first-order valence-electron chi connectivity index (χ1n) is 8.01. The third-order valence-corrected chi connectivity index (χ3v) is 3.49. The third kappa shape index (κ3) is 5.16. The summed E-state index contributed by atoms with van der Waals surface area (Å²) in [6.07, 6.45) is 4.41. The fourth-order valence-corrected chi connectivity index (χ4v) is 2.03. The molecule has 2 aromatic rings. The Morgan fingerprint density at radius 2 is 1.18 bits per heavy atom. The van der Waals surface area contributed by atoms with Gasteiger partial charge in [-0.3, -0.25) is 0 Å². The molecule has 0 heteroatoms. The highest BCUT2D eigenvalue weighted by atomic mass is 13.9. The Balaban J connectivity index is 2.01. The van der Waals surface area contributed by atoms with Gasteiger partial charge in [0.25, 0.3) is 0 Å². The van der Waals surface area contributed by atoms with Crippen LogP contribution in [-0.2, 0) is 6.42 Å². The van der Waals surface area contributed by atoms with Crippen LogP contribution < -0.4 is 0 Å². The van der Waals surface area contributed by atoms with Gasteiger partial charge in [0.2, 0.25) is 0 Å². The second-order valence-electron chi connectivity index (χ2n) is 5.28. The molecule has 0 aliphatic heterocycles. The summed E-state index contributed by atoms with van der Waals surface area (Å²) < 4.78 is 0. The van der Waals surface area contributed by atoms with Gasteiger partial charge in [0.15, 0.2) is 0 Å². The van der Waals surface area contributed by atoms with E-state index in [1.54, 1.807) is 0 Å². The van der Waals surface area contributed by atoms with Crippen LogP contribution in [-0.4, -0.2) is 0 Å². The fraction of sp³-hybridized carbons (Fsp3) is 0.273. The number of aryl methyl sites for hydroxylation is 1. The first-order valence-corrected chi connectivity index (χ1v) is 8.01. The van der Waals surface area contributed by atoms with E-state index in [4.69, 9.17) is 0 Å². The second kappa shape index (κ2) is 8.76. The first-order chi connectivity index (χ1) is 10.8. The zero-order chi connectivity index (χ0) is 15.6. The lowest BCUT2D eigenvalue weighted by Gasteiger charge is -1.95. The molecule has 0 amide bonds. The molecule has 0 unspecified atom stereocenters. The molecule has 2 rings (SSSR count). The van der Waals surface area contributed by atoms with Crippen molar-refractivity contribution in [1.82, 2.24) is 0 Å². The summed E-state index contributed by atoms with van der Waals surface area (Å²) in [7, 11) is 0. The molecule has 110 valence electrons. The maximum absolute atomic E-state index is 3.21. The van der Waals surface area contributed by atoms with Crippen molar-refractivity contribution in [2.45, 2.75) is 39.5 Å². The molecule has 0 atom stereocenters. The van der Waals surface area contributed by atoms with E-state index >= 15 is 0 Å². The van der Waals surface area contributed by atoms with E-state index in [-0.39, 0.29) is 0 Å². The molecule has 0 bridgehead atoms. The van der Waals surface area contributed by atoms with Crippen molar-refractivity contribution in [2.75, 3.05) is 0 Å². The lowest BCUT2D eigenvalue weighted by molar-refractivity contribution is 0.828. The Kier molecular flexibility index (Phi) is 6.35. The molecular weight excluding hydrogens is 264 g/mol. The van der Waals surface area contributed by atoms with Crippen molar-refractivity contribution < 1.29 is 0 Å². The minimum absolute atomic E-state index is 0.978. The van der Waals surface area contributed by atoms with Crippen LogP contribution in [0.2, 0.25) is 0 Å². The number of benzene rings is 2. The highest BCUT2D eigenvalue weighted by molar-refractivity contribution is 5.46. The van der Waals surface area contributed by atoms with Gasteiger partial charge in [0, 0.05) is 23.1 Å². The van der Waals surface area contributed by atoms with E-state index in [9.17, 15) is 0 Å². The topological polar surface area (TPSA) is 0 Å². The van der Waals surface area contributed by atoms with Crippen LogP contribution in [0.1, 0.15) is 55.4 Å². The molecule has 0 N–H and O–H groups in total. The molecule has 2 aromatic carbocycles. The van der Waals surface area contributed by atoms with Gasteiger partial charge < -0.3 is 0 Å².